The van der Waals surface area contributed by atoms with E-state index in [1.807, 2.05) is 24.3 Å². The first-order valence-corrected chi connectivity index (χ1v) is 9.69. The Hall–Kier alpha value is -2.25. The number of benzene rings is 1. The number of carbonyl (C=O) groups is 3. The van der Waals surface area contributed by atoms with Gasteiger partial charge in [0, 0.05) is 44.8 Å². The van der Waals surface area contributed by atoms with Gasteiger partial charge >= 0.3 is 0 Å². The average Bonchev–Trinajstić information content (AvgIpc) is 3.21. The van der Waals surface area contributed by atoms with E-state index in [1.54, 1.807) is 4.90 Å². The van der Waals surface area contributed by atoms with Gasteiger partial charge in [0.25, 0.3) is 0 Å². The second-order valence-corrected chi connectivity index (χ2v) is 7.69. The smallest absolute Gasteiger partial charge is 0.247 e. The van der Waals surface area contributed by atoms with Crippen molar-refractivity contribution < 1.29 is 14.4 Å². The summed E-state index contributed by atoms with van der Waals surface area (Å²) >= 11 is 0. The molecule has 3 saturated heterocycles. The summed E-state index contributed by atoms with van der Waals surface area (Å²) in [7, 11) is 2.07. The summed E-state index contributed by atoms with van der Waals surface area (Å²) in [6, 6.07) is 7.31. The van der Waals surface area contributed by atoms with Crippen molar-refractivity contribution >= 4 is 23.4 Å². The highest BCUT2D eigenvalue weighted by molar-refractivity contribution is 6.05. The third kappa shape index (κ3) is 3.61. The minimum absolute atomic E-state index is 0.0802. The number of rotatable bonds is 4. The van der Waals surface area contributed by atoms with Crippen molar-refractivity contribution in [3.63, 3.8) is 0 Å². The van der Waals surface area contributed by atoms with Crippen LogP contribution in [0.3, 0.4) is 0 Å². The molecule has 0 spiro atoms. The zero-order valence-electron chi connectivity index (χ0n) is 15.8. The number of hydrogen-bond acceptors (Lipinski definition) is 5. The predicted molar refractivity (Wildman–Crippen MR) is 101 cm³/mol. The third-order valence-electron chi connectivity index (χ3n) is 5.86. The number of likely N-dealkylation sites (N-methyl/N-ethyl adjacent to an activating group) is 1. The molecular formula is C20H26N4O3. The molecule has 3 amide bonds. The molecule has 0 aliphatic carbocycles. The molecule has 1 aromatic carbocycles. The van der Waals surface area contributed by atoms with Gasteiger partial charge in [-0.15, -0.1) is 0 Å². The Morgan fingerprint density at radius 3 is 2.26 bits per heavy atom. The fraction of sp³-hybridized carbons (Fsp3) is 0.550. The molecule has 0 saturated carbocycles. The molecule has 7 nitrogen and oxygen atoms in total. The SMILES string of the molecule is CN1CCN([C@@H]2CC(=O)N(Cc3ccc(N4CCCC4=O)cc3)C2=O)CC1. The summed E-state index contributed by atoms with van der Waals surface area (Å²) in [5.41, 5.74) is 1.79. The largest absolute Gasteiger partial charge is 0.312 e. The lowest BCUT2D eigenvalue weighted by Crippen LogP contribution is -2.51. The summed E-state index contributed by atoms with van der Waals surface area (Å²) in [6.45, 7) is 4.56. The quantitative estimate of drug-likeness (QED) is 0.730. The van der Waals surface area contributed by atoms with E-state index in [9.17, 15) is 14.4 Å². The number of amides is 3. The van der Waals surface area contributed by atoms with E-state index in [-0.39, 0.29) is 30.2 Å². The van der Waals surface area contributed by atoms with E-state index < -0.39 is 0 Å². The predicted octanol–water partition coefficient (Wildman–Crippen LogP) is 0.688. The first-order chi connectivity index (χ1) is 13.0. The third-order valence-corrected chi connectivity index (χ3v) is 5.86. The van der Waals surface area contributed by atoms with E-state index in [0.717, 1.165) is 50.4 Å². The van der Waals surface area contributed by atoms with Gasteiger partial charge in [0.1, 0.15) is 0 Å². The van der Waals surface area contributed by atoms with Gasteiger partial charge in [-0.25, -0.2) is 0 Å². The number of carbonyl (C=O) groups excluding carboxylic acids is 3. The Labute approximate surface area is 159 Å². The van der Waals surface area contributed by atoms with Crippen molar-refractivity contribution in [2.24, 2.45) is 0 Å². The average molecular weight is 370 g/mol. The van der Waals surface area contributed by atoms with E-state index in [1.165, 1.54) is 4.90 Å². The van der Waals surface area contributed by atoms with Gasteiger partial charge in [-0.1, -0.05) is 12.1 Å². The van der Waals surface area contributed by atoms with Crippen LogP contribution in [0.1, 0.15) is 24.8 Å². The second kappa shape index (κ2) is 7.40. The van der Waals surface area contributed by atoms with Gasteiger partial charge < -0.3 is 9.80 Å². The number of piperazine rings is 1. The summed E-state index contributed by atoms with van der Waals surface area (Å²) in [6.07, 6.45) is 1.78. The lowest BCUT2D eigenvalue weighted by Gasteiger charge is -2.35. The van der Waals surface area contributed by atoms with Crippen LogP contribution in [0.15, 0.2) is 24.3 Å². The molecule has 3 heterocycles. The first-order valence-electron chi connectivity index (χ1n) is 9.69. The molecule has 1 atom stereocenters. The molecule has 3 fully saturated rings. The Morgan fingerprint density at radius 2 is 1.63 bits per heavy atom. The maximum Gasteiger partial charge on any atom is 0.247 e. The number of hydrogen-bond donors (Lipinski definition) is 0. The summed E-state index contributed by atoms with van der Waals surface area (Å²) in [4.78, 5) is 44.7. The Kier molecular flexibility index (Phi) is 4.97. The van der Waals surface area contributed by atoms with Gasteiger partial charge in [-0.3, -0.25) is 24.2 Å². The number of imide groups is 1. The van der Waals surface area contributed by atoms with E-state index >= 15 is 0 Å². The van der Waals surface area contributed by atoms with Crippen molar-refractivity contribution in [2.75, 3.05) is 44.7 Å². The van der Waals surface area contributed by atoms with Crippen LogP contribution in [-0.4, -0.2) is 78.2 Å². The fourth-order valence-electron chi connectivity index (χ4n) is 4.14. The summed E-state index contributed by atoms with van der Waals surface area (Å²) in [5.74, 6) is -0.0197. The van der Waals surface area contributed by atoms with Crippen LogP contribution >= 0.6 is 0 Å². The molecule has 4 rings (SSSR count). The molecule has 144 valence electrons. The van der Waals surface area contributed by atoms with Gasteiger partial charge in [0.2, 0.25) is 17.7 Å². The van der Waals surface area contributed by atoms with Crippen LogP contribution in [0, 0.1) is 0 Å². The van der Waals surface area contributed by atoms with Crippen molar-refractivity contribution in [1.82, 2.24) is 14.7 Å². The Balaban J connectivity index is 1.41. The van der Waals surface area contributed by atoms with Gasteiger partial charge in [0.15, 0.2) is 0 Å². The van der Waals surface area contributed by atoms with Crippen LogP contribution in [0.5, 0.6) is 0 Å². The van der Waals surface area contributed by atoms with Gasteiger partial charge in [0.05, 0.1) is 19.0 Å². The van der Waals surface area contributed by atoms with E-state index in [0.29, 0.717) is 13.0 Å². The van der Waals surface area contributed by atoms with Crippen molar-refractivity contribution in [1.29, 1.82) is 0 Å². The number of nitrogens with zero attached hydrogens (tertiary/aromatic N) is 4. The van der Waals surface area contributed by atoms with Gasteiger partial charge in [-0.2, -0.15) is 0 Å². The highest BCUT2D eigenvalue weighted by Crippen LogP contribution is 2.25. The Bertz CT molecular complexity index is 740. The number of anilines is 1. The summed E-state index contributed by atoms with van der Waals surface area (Å²) < 4.78 is 0. The first kappa shape index (κ1) is 18.1. The minimum atomic E-state index is -0.312. The van der Waals surface area contributed by atoms with Crippen LogP contribution < -0.4 is 4.90 Å². The van der Waals surface area contributed by atoms with Crippen LogP contribution in [0.4, 0.5) is 5.69 Å². The van der Waals surface area contributed by atoms with Crippen LogP contribution in [0.2, 0.25) is 0 Å². The highest BCUT2D eigenvalue weighted by atomic mass is 16.2. The molecule has 3 aliphatic heterocycles. The van der Waals surface area contributed by atoms with E-state index in [2.05, 4.69) is 16.8 Å². The van der Waals surface area contributed by atoms with Crippen molar-refractivity contribution in [3.8, 4) is 0 Å². The molecule has 0 radical (unpaired) electrons. The lowest BCUT2D eigenvalue weighted by atomic mass is 10.1. The molecule has 3 aliphatic rings. The van der Waals surface area contributed by atoms with Crippen LogP contribution in [0.25, 0.3) is 0 Å². The molecule has 27 heavy (non-hydrogen) atoms. The molecule has 0 aromatic heterocycles. The molecule has 7 heteroatoms. The maximum atomic E-state index is 12.8. The lowest BCUT2D eigenvalue weighted by molar-refractivity contribution is -0.140. The highest BCUT2D eigenvalue weighted by Gasteiger charge is 2.42. The minimum Gasteiger partial charge on any atom is -0.312 e. The normalized spacial score (nSPS) is 25.1. The zero-order valence-corrected chi connectivity index (χ0v) is 15.8. The fourth-order valence-corrected chi connectivity index (χ4v) is 4.14. The molecule has 0 unspecified atom stereocenters. The van der Waals surface area contributed by atoms with Crippen molar-refractivity contribution in [3.05, 3.63) is 29.8 Å². The monoisotopic (exact) mass is 370 g/mol. The number of likely N-dealkylation sites (tertiary alicyclic amines) is 1. The molecule has 0 bridgehead atoms. The second-order valence-electron chi connectivity index (χ2n) is 7.69. The standard InChI is InChI=1S/C20H26N4O3/c1-21-9-11-22(12-10-21)17-13-19(26)24(20(17)27)14-15-4-6-16(7-5-15)23-8-2-3-18(23)25/h4-7,17H,2-3,8-14H2,1H3/t17-/m1/s1. The van der Waals surface area contributed by atoms with Crippen molar-refractivity contribution in [2.45, 2.75) is 31.8 Å². The van der Waals surface area contributed by atoms with Gasteiger partial charge in [-0.05, 0) is 31.2 Å². The molecular weight excluding hydrogens is 344 g/mol. The van der Waals surface area contributed by atoms with E-state index in [4.69, 9.17) is 0 Å². The topological polar surface area (TPSA) is 64.2 Å². The molecule has 1 aromatic rings. The Morgan fingerprint density at radius 1 is 0.926 bits per heavy atom. The molecule has 0 N–H and O–H groups in total. The van der Waals surface area contributed by atoms with Crippen LogP contribution in [-0.2, 0) is 20.9 Å². The maximum absolute atomic E-state index is 12.8. The summed E-state index contributed by atoms with van der Waals surface area (Å²) in [5, 5.41) is 0. The zero-order chi connectivity index (χ0) is 19.0.